The molecular weight excluding hydrogens is 463 g/mol. The van der Waals surface area contributed by atoms with Crippen molar-refractivity contribution in [2.24, 2.45) is 0 Å². The Kier molecular flexibility index (Phi) is 7.59. The van der Waals surface area contributed by atoms with E-state index >= 15 is 0 Å². The van der Waals surface area contributed by atoms with Gasteiger partial charge in [-0.3, -0.25) is 9.59 Å². The lowest BCUT2D eigenvalue weighted by Crippen LogP contribution is -2.36. The number of amides is 1. The van der Waals surface area contributed by atoms with E-state index in [9.17, 15) is 18.0 Å². The first-order valence-corrected chi connectivity index (χ1v) is 11.8. The number of rotatable bonds is 7. The van der Waals surface area contributed by atoms with Gasteiger partial charge in [-0.2, -0.15) is 4.31 Å². The van der Waals surface area contributed by atoms with Gasteiger partial charge in [0.25, 0.3) is 5.91 Å². The van der Waals surface area contributed by atoms with Gasteiger partial charge < -0.3 is 9.64 Å². The number of sulfonamides is 1. The van der Waals surface area contributed by atoms with Crippen LogP contribution in [0.4, 0.5) is 0 Å². The van der Waals surface area contributed by atoms with Gasteiger partial charge in [0.1, 0.15) is 6.54 Å². The highest BCUT2D eigenvalue weighted by Gasteiger charge is 2.29. The van der Waals surface area contributed by atoms with Crippen molar-refractivity contribution in [3.05, 3.63) is 63.6 Å². The molecule has 1 aliphatic heterocycles. The summed E-state index contributed by atoms with van der Waals surface area (Å²) in [5.41, 5.74) is 0.735. The molecule has 7 nitrogen and oxygen atoms in total. The number of nitrogens with zero attached hydrogens (tertiary/aromatic N) is 2. The van der Waals surface area contributed by atoms with Gasteiger partial charge >= 0.3 is 5.97 Å². The molecule has 0 atom stereocenters. The van der Waals surface area contributed by atoms with Crippen molar-refractivity contribution in [1.29, 1.82) is 0 Å². The third kappa shape index (κ3) is 5.57. The van der Waals surface area contributed by atoms with Crippen LogP contribution >= 0.6 is 23.2 Å². The minimum absolute atomic E-state index is 0.000180. The average Bonchev–Trinajstić information content (AvgIpc) is 3.30. The van der Waals surface area contributed by atoms with Crippen LogP contribution in [0.15, 0.2) is 47.4 Å². The van der Waals surface area contributed by atoms with Crippen LogP contribution in [0.25, 0.3) is 0 Å². The predicted molar refractivity (Wildman–Crippen MR) is 118 cm³/mol. The maximum Gasteiger partial charge on any atom is 0.325 e. The number of benzene rings is 2. The van der Waals surface area contributed by atoms with Crippen LogP contribution in [0.5, 0.6) is 0 Å². The summed E-state index contributed by atoms with van der Waals surface area (Å²) in [4.78, 5) is 26.4. The first-order valence-electron chi connectivity index (χ1n) is 9.62. The lowest BCUT2D eigenvalue weighted by molar-refractivity contribution is -0.141. The van der Waals surface area contributed by atoms with Crippen LogP contribution in [-0.2, 0) is 26.1 Å². The molecule has 1 amide bonds. The maximum absolute atomic E-state index is 13.3. The molecule has 0 saturated carbocycles. The molecule has 0 bridgehead atoms. The number of esters is 1. The molecule has 1 heterocycles. The summed E-state index contributed by atoms with van der Waals surface area (Å²) in [6.07, 6.45) is 1.60. The Bertz CT molecular complexity index is 1070. The molecule has 0 spiro atoms. The predicted octanol–water partition coefficient (Wildman–Crippen LogP) is 3.59. The molecule has 166 valence electrons. The standard InChI is InChI=1S/C21H22Cl2N2O5S/c1-30-20(26)14-24(13-15-4-6-16(22)7-5-15)21(27)18-12-17(8-9-19(18)23)31(28,29)25-10-2-3-11-25/h4-9,12H,2-3,10-11,13-14H2,1H3. The fourth-order valence-electron chi connectivity index (χ4n) is 3.31. The van der Waals surface area contributed by atoms with Gasteiger partial charge in [0.15, 0.2) is 0 Å². The Morgan fingerprint density at radius 1 is 1.06 bits per heavy atom. The van der Waals surface area contributed by atoms with E-state index in [1.807, 2.05) is 0 Å². The van der Waals surface area contributed by atoms with E-state index in [2.05, 4.69) is 0 Å². The molecule has 0 N–H and O–H groups in total. The van der Waals surface area contributed by atoms with Crippen molar-refractivity contribution in [3.63, 3.8) is 0 Å². The molecule has 3 rings (SSSR count). The third-order valence-electron chi connectivity index (χ3n) is 4.99. The highest BCUT2D eigenvalue weighted by Crippen LogP contribution is 2.26. The Labute approximate surface area is 191 Å². The molecule has 0 unspecified atom stereocenters. The van der Waals surface area contributed by atoms with Gasteiger partial charge in [0, 0.05) is 24.7 Å². The largest absolute Gasteiger partial charge is 0.468 e. The zero-order valence-corrected chi connectivity index (χ0v) is 19.2. The second-order valence-corrected chi connectivity index (χ2v) is 9.90. The number of carbonyl (C=O) groups excluding carboxylic acids is 2. The fourth-order valence-corrected chi connectivity index (χ4v) is 5.17. The van der Waals surface area contributed by atoms with Crippen molar-refractivity contribution in [2.45, 2.75) is 24.3 Å². The summed E-state index contributed by atoms with van der Waals surface area (Å²) >= 11 is 12.2. The average molecular weight is 485 g/mol. The fraction of sp³-hybridized carbons (Fsp3) is 0.333. The van der Waals surface area contributed by atoms with Crippen LogP contribution in [0.3, 0.4) is 0 Å². The van der Waals surface area contributed by atoms with Gasteiger partial charge in [-0.25, -0.2) is 8.42 Å². The van der Waals surface area contributed by atoms with Crippen LogP contribution in [0, 0.1) is 0 Å². The Morgan fingerprint density at radius 2 is 1.71 bits per heavy atom. The van der Waals surface area contributed by atoms with Gasteiger partial charge in [-0.15, -0.1) is 0 Å². The lowest BCUT2D eigenvalue weighted by atomic mass is 10.1. The van der Waals surface area contributed by atoms with Gasteiger partial charge in [-0.1, -0.05) is 35.3 Å². The number of hydrogen-bond acceptors (Lipinski definition) is 5. The summed E-state index contributed by atoms with van der Waals surface area (Å²) in [5, 5.41) is 0.633. The van der Waals surface area contributed by atoms with E-state index in [1.54, 1.807) is 24.3 Å². The van der Waals surface area contributed by atoms with Gasteiger partial charge in [-0.05, 0) is 48.7 Å². The van der Waals surface area contributed by atoms with E-state index in [0.29, 0.717) is 18.1 Å². The molecule has 1 aliphatic rings. The molecular formula is C21H22Cl2N2O5S. The molecule has 0 aromatic heterocycles. The number of hydrogen-bond donors (Lipinski definition) is 0. The molecule has 10 heteroatoms. The Morgan fingerprint density at radius 3 is 2.32 bits per heavy atom. The maximum atomic E-state index is 13.3. The Balaban J connectivity index is 1.94. The molecule has 31 heavy (non-hydrogen) atoms. The zero-order chi connectivity index (χ0) is 22.6. The van der Waals surface area contributed by atoms with Gasteiger partial charge in [0.05, 0.1) is 22.6 Å². The highest BCUT2D eigenvalue weighted by molar-refractivity contribution is 7.89. The van der Waals surface area contributed by atoms with Crippen molar-refractivity contribution in [1.82, 2.24) is 9.21 Å². The third-order valence-corrected chi connectivity index (χ3v) is 7.47. The molecule has 2 aromatic carbocycles. The van der Waals surface area contributed by atoms with E-state index < -0.39 is 21.9 Å². The quantitative estimate of drug-likeness (QED) is 0.560. The molecule has 0 aliphatic carbocycles. The van der Waals surface area contributed by atoms with E-state index in [4.69, 9.17) is 27.9 Å². The minimum atomic E-state index is -3.73. The first-order chi connectivity index (χ1) is 14.7. The van der Waals surface area contributed by atoms with Crippen LogP contribution < -0.4 is 0 Å². The smallest absolute Gasteiger partial charge is 0.325 e. The van der Waals surface area contributed by atoms with Crippen molar-refractivity contribution >= 4 is 45.1 Å². The van der Waals surface area contributed by atoms with Crippen molar-refractivity contribution < 1.29 is 22.7 Å². The normalized spacial score (nSPS) is 14.4. The number of carbonyl (C=O) groups is 2. The van der Waals surface area contributed by atoms with Gasteiger partial charge in [0.2, 0.25) is 10.0 Å². The van der Waals surface area contributed by atoms with Crippen LogP contribution in [0.1, 0.15) is 28.8 Å². The monoisotopic (exact) mass is 484 g/mol. The number of methoxy groups -OCH3 is 1. The van der Waals surface area contributed by atoms with Crippen molar-refractivity contribution in [3.8, 4) is 0 Å². The number of halogens is 2. The molecule has 0 radical (unpaired) electrons. The highest BCUT2D eigenvalue weighted by atomic mass is 35.5. The zero-order valence-electron chi connectivity index (χ0n) is 16.9. The Hall–Kier alpha value is -2.13. The van der Waals surface area contributed by atoms with E-state index in [-0.39, 0.29) is 28.6 Å². The summed E-state index contributed by atoms with van der Waals surface area (Å²) in [7, 11) is -2.51. The topological polar surface area (TPSA) is 84.0 Å². The molecule has 1 fully saturated rings. The van der Waals surface area contributed by atoms with E-state index in [1.165, 1.54) is 34.5 Å². The van der Waals surface area contributed by atoms with E-state index in [0.717, 1.165) is 18.4 Å². The molecule has 1 saturated heterocycles. The SMILES string of the molecule is COC(=O)CN(Cc1ccc(Cl)cc1)C(=O)c1cc(S(=O)(=O)N2CCCC2)ccc1Cl. The summed E-state index contributed by atoms with van der Waals surface area (Å²) in [6, 6.07) is 10.9. The minimum Gasteiger partial charge on any atom is -0.468 e. The number of ether oxygens (including phenoxy) is 1. The lowest BCUT2D eigenvalue weighted by Gasteiger charge is -2.23. The first kappa shape index (κ1) is 23.5. The van der Waals surface area contributed by atoms with Crippen molar-refractivity contribution in [2.75, 3.05) is 26.7 Å². The second kappa shape index (κ2) is 9.99. The summed E-state index contributed by atoms with van der Waals surface area (Å²) in [6.45, 7) is 0.653. The second-order valence-electron chi connectivity index (χ2n) is 7.12. The summed E-state index contributed by atoms with van der Waals surface area (Å²) in [5.74, 6) is -1.19. The summed E-state index contributed by atoms with van der Waals surface area (Å²) < 4.78 is 31.9. The van der Waals surface area contributed by atoms with Crippen LogP contribution in [0.2, 0.25) is 10.0 Å². The molecule has 2 aromatic rings. The van der Waals surface area contributed by atoms with Crippen LogP contribution in [-0.4, -0.2) is 56.2 Å².